The van der Waals surface area contributed by atoms with Crippen molar-refractivity contribution in [2.45, 2.75) is 46.6 Å². The van der Waals surface area contributed by atoms with Crippen LogP contribution in [0, 0.1) is 0 Å². The van der Waals surface area contributed by atoms with Crippen LogP contribution in [0.3, 0.4) is 0 Å². The first kappa shape index (κ1) is 14.9. The highest BCUT2D eigenvalue weighted by atomic mass is 28.4. The third kappa shape index (κ3) is 3.78. The van der Waals surface area contributed by atoms with E-state index in [0.717, 1.165) is 12.7 Å². The number of hydrogen-bond donors (Lipinski definition) is 0. The summed E-state index contributed by atoms with van der Waals surface area (Å²) >= 11 is 0. The molecule has 0 rings (SSSR count). The number of allylic oxidation sites excluding steroid dienone is 2. The summed E-state index contributed by atoms with van der Waals surface area (Å²) in [6.07, 6.45) is 2.09. The van der Waals surface area contributed by atoms with Crippen molar-refractivity contribution >= 4 is 15.2 Å². The Hall–Kier alpha value is -0.0582. The van der Waals surface area contributed by atoms with Gasteiger partial charge in [0.2, 0.25) is 8.32 Å². The molecule has 0 aromatic heterocycles. The second kappa shape index (κ2) is 6.51. The molecule has 0 spiro atoms. The van der Waals surface area contributed by atoms with Gasteiger partial charge in [0.05, 0.1) is 0 Å². The molecule has 0 fully saturated rings. The average molecular weight is 228 g/mol. The molecule has 0 radical (unpaired) electrons. The van der Waals surface area contributed by atoms with Crippen LogP contribution in [0.1, 0.15) is 27.2 Å². The van der Waals surface area contributed by atoms with Gasteiger partial charge in [-0.05, 0) is 32.8 Å². The van der Waals surface area contributed by atoms with E-state index in [1.807, 2.05) is 7.11 Å². The molecule has 88 valence electrons. The van der Waals surface area contributed by atoms with Gasteiger partial charge in [-0.25, -0.2) is 0 Å². The zero-order valence-corrected chi connectivity index (χ0v) is 12.3. The molecule has 0 bridgehead atoms. The van der Waals surface area contributed by atoms with Gasteiger partial charge in [0.25, 0.3) is 0 Å². The topological polar surface area (TPSA) is 18.5 Å². The van der Waals surface area contributed by atoms with E-state index in [-0.39, 0.29) is 6.92 Å². The Kier molecular flexibility index (Phi) is 6.48. The summed E-state index contributed by atoms with van der Waals surface area (Å²) in [6, 6.07) is 0. The van der Waals surface area contributed by atoms with E-state index < -0.39 is 8.32 Å². The van der Waals surface area contributed by atoms with Crippen LogP contribution >= 0.6 is 0 Å². The predicted molar refractivity (Wildman–Crippen MR) is 70.7 cm³/mol. The summed E-state index contributed by atoms with van der Waals surface area (Å²) in [5.74, 6) is 0. The fourth-order valence-electron chi connectivity index (χ4n) is 1.83. The lowest BCUT2D eigenvalue weighted by Crippen LogP contribution is -2.34. The SMILES string of the molecule is CCB(OC)/C(CC)=C(/C)[Si](C)(C)OC. The van der Waals surface area contributed by atoms with Crippen LogP contribution in [-0.2, 0) is 9.08 Å². The van der Waals surface area contributed by atoms with Gasteiger partial charge in [0.15, 0.2) is 0 Å². The zero-order chi connectivity index (χ0) is 12.1. The first-order valence-electron chi connectivity index (χ1n) is 5.72. The quantitative estimate of drug-likeness (QED) is 0.649. The van der Waals surface area contributed by atoms with Crippen molar-refractivity contribution in [3.63, 3.8) is 0 Å². The summed E-state index contributed by atoms with van der Waals surface area (Å²) in [6.45, 7) is 11.3. The van der Waals surface area contributed by atoms with Crippen molar-refractivity contribution in [1.82, 2.24) is 0 Å². The maximum atomic E-state index is 5.65. The van der Waals surface area contributed by atoms with Crippen LogP contribution in [0.4, 0.5) is 0 Å². The second-order valence-corrected chi connectivity index (χ2v) is 8.53. The largest absolute Gasteiger partial charge is 0.434 e. The molecule has 0 aliphatic carbocycles. The molecule has 0 saturated heterocycles. The van der Waals surface area contributed by atoms with E-state index in [2.05, 4.69) is 33.9 Å². The van der Waals surface area contributed by atoms with Crippen molar-refractivity contribution in [3.8, 4) is 0 Å². The van der Waals surface area contributed by atoms with Gasteiger partial charge in [-0.2, -0.15) is 0 Å². The normalized spacial score (nSPS) is 13.8. The lowest BCUT2D eigenvalue weighted by Gasteiger charge is -2.26. The molecule has 0 saturated carbocycles. The molecule has 15 heavy (non-hydrogen) atoms. The summed E-state index contributed by atoms with van der Waals surface area (Å²) in [7, 11) is 1.95. The average Bonchev–Trinajstić information content (AvgIpc) is 2.24. The van der Waals surface area contributed by atoms with Crippen molar-refractivity contribution < 1.29 is 9.08 Å². The number of rotatable bonds is 6. The lowest BCUT2D eigenvalue weighted by atomic mass is 9.57. The van der Waals surface area contributed by atoms with Crippen molar-refractivity contribution in [3.05, 3.63) is 10.7 Å². The minimum atomic E-state index is -1.66. The number of hydrogen-bond acceptors (Lipinski definition) is 2. The van der Waals surface area contributed by atoms with Crippen molar-refractivity contribution in [2.24, 2.45) is 0 Å². The van der Waals surface area contributed by atoms with Gasteiger partial charge in [0, 0.05) is 14.2 Å². The summed E-state index contributed by atoms with van der Waals surface area (Å²) in [5, 5.41) is 1.43. The van der Waals surface area contributed by atoms with E-state index >= 15 is 0 Å². The minimum Gasteiger partial charge on any atom is -0.434 e. The van der Waals surface area contributed by atoms with Gasteiger partial charge in [-0.1, -0.05) is 24.5 Å². The molecule has 0 aliphatic rings. The van der Waals surface area contributed by atoms with Gasteiger partial charge in [-0.15, -0.1) is 0 Å². The smallest absolute Gasteiger partial charge is 0.321 e. The molecule has 0 aromatic rings. The fraction of sp³-hybridized carbons (Fsp3) is 0.818. The Morgan fingerprint density at radius 1 is 1.20 bits per heavy atom. The van der Waals surface area contributed by atoms with Crippen LogP contribution in [0.5, 0.6) is 0 Å². The van der Waals surface area contributed by atoms with Crippen LogP contribution in [0.25, 0.3) is 0 Å². The molecule has 2 nitrogen and oxygen atoms in total. The molecule has 0 unspecified atom stereocenters. The highest BCUT2D eigenvalue weighted by Crippen LogP contribution is 2.24. The van der Waals surface area contributed by atoms with Crippen LogP contribution in [-0.4, -0.2) is 29.5 Å². The first-order valence-corrected chi connectivity index (χ1v) is 8.63. The van der Waals surface area contributed by atoms with E-state index in [1.165, 1.54) is 10.7 Å². The Balaban J connectivity index is 5.12. The third-order valence-electron chi connectivity index (χ3n) is 3.32. The van der Waals surface area contributed by atoms with Gasteiger partial charge < -0.3 is 9.08 Å². The van der Waals surface area contributed by atoms with Crippen LogP contribution < -0.4 is 0 Å². The summed E-state index contributed by atoms with van der Waals surface area (Å²) < 4.78 is 11.2. The third-order valence-corrected chi connectivity index (χ3v) is 6.47. The van der Waals surface area contributed by atoms with Crippen molar-refractivity contribution in [2.75, 3.05) is 14.2 Å². The monoisotopic (exact) mass is 228 g/mol. The van der Waals surface area contributed by atoms with E-state index in [1.54, 1.807) is 7.11 Å². The fourth-order valence-corrected chi connectivity index (χ4v) is 3.25. The van der Waals surface area contributed by atoms with Gasteiger partial charge in [0.1, 0.15) is 0 Å². The Morgan fingerprint density at radius 3 is 2.00 bits per heavy atom. The van der Waals surface area contributed by atoms with E-state index in [4.69, 9.17) is 9.08 Å². The molecule has 0 atom stereocenters. The molecule has 0 aromatic carbocycles. The standard InChI is InChI=1S/C11H25BO2Si/c1-8-11(12(9-2)13-4)10(3)15(6,7)14-5/h8-9H2,1-7H3/b11-10-. The van der Waals surface area contributed by atoms with Gasteiger partial charge >= 0.3 is 6.92 Å². The maximum absolute atomic E-state index is 5.65. The molecule has 0 heterocycles. The molecule has 0 N–H and O–H groups in total. The summed E-state index contributed by atoms with van der Waals surface area (Å²) in [4.78, 5) is 0. The molecule has 0 aliphatic heterocycles. The molecular weight excluding hydrogens is 203 g/mol. The van der Waals surface area contributed by atoms with Crippen molar-refractivity contribution in [1.29, 1.82) is 0 Å². The molecular formula is C11H25BO2Si. The predicted octanol–water partition coefficient (Wildman–Crippen LogP) is 3.30. The maximum Gasteiger partial charge on any atom is 0.321 e. The Morgan fingerprint density at radius 2 is 1.73 bits per heavy atom. The van der Waals surface area contributed by atoms with E-state index in [9.17, 15) is 0 Å². The minimum absolute atomic E-state index is 0.261. The Labute approximate surface area is 96.3 Å². The lowest BCUT2D eigenvalue weighted by molar-refractivity contribution is 0.410. The summed E-state index contributed by atoms with van der Waals surface area (Å²) in [5.41, 5.74) is 1.43. The molecule has 0 amide bonds. The zero-order valence-electron chi connectivity index (χ0n) is 11.3. The molecule has 4 heteroatoms. The highest BCUT2D eigenvalue weighted by Gasteiger charge is 2.29. The van der Waals surface area contributed by atoms with Gasteiger partial charge in [-0.3, -0.25) is 0 Å². The second-order valence-electron chi connectivity index (χ2n) is 4.35. The first-order chi connectivity index (χ1) is 6.94. The van der Waals surface area contributed by atoms with E-state index in [0.29, 0.717) is 0 Å². The highest BCUT2D eigenvalue weighted by molar-refractivity contribution is 6.80. The van der Waals surface area contributed by atoms with Crippen LogP contribution in [0.2, 0.25) is 19.4 Å². The Bertz CT molecular complexity index is 223. The van der Waals surface area contributed by atoms with Crippen LogP contribution in [0.15, 0.2) is 10.7 Å².